The summed E-state index contributed by atoms with van der Waals surface area (Å²) in [5.41, 5.74) is 4.31. The van der Waals surface area contributed by atoms with Crippen LogP contribution in [0.2, 0.25) is 0 Å². The molecule has 176 valence electrons. The summed E-state index contributed by atoms with van der Waals surface area (Å²) in [6, 6.07) is 8.13. The quantitative estimate of drug-likeness (QED) is 0.558. The van der Waals surface area contributed by atoms with Crippen LogP contribution in [0.5, 0.6) is 5.75 Å². The third kappa shape index (κ3) is 4.46. The van der Waals surface area contributed by atoms with Crippen LogP contribution < -0.4 is 4.74 Å². The molecule has 1 aromatic carbocycles. The summed E-state index contributed by atoms with van der Waals surface area (Å²) in [5.74, 6) is 0.895. The summed E-state index contributed by atoms with van der Waals surface area (Å²) in [6.45, 7) is 6.82. The van der Waals surface area contributed by atoms with Crippen LogP contribution in [-0.4, -0.2) is 76.7 Å². The molecule has 33 heavy (non-hydrogen) atoms. The van der Waals surface area contributed by atoms with Crippen LogP contribution in [0.4, 0.5) is 8.78 Å². The number of halogens is 2. The highest BCUT2D eigenvalue weighted by Crippen LogP contribution is 2.40. The molecule has 5 rings (SSSR count). The van der Waals surface area contributed by atoms with Crippen molar-refractivity contribution in [3.05, 3.63) is 53.5 Å². The normalized spacial score (nSPS) is 22.8. The number of hydrogen-bond acceptors (Lipinski definition) is 5. The van der Waals surface area contributed by atoms with Gasteiger partial charge in [0.2, 0.25) is 0 Å². The second-order valence-corrected chi connectivity index (χ2v) is 9.44. The van der Waals surface area contributed by atoms with Crippen molar-refractivity contribution >= 4 is 10.9 Å². The fraction of sp³-hybridized carbons (Fsp3) is 0.520. The number of H-pyrrole nitrogens is 1. The van der Waals surface area contributed by atoms with Gasteiger partial charge in [0.1, 0.15) is 18.5 Å². The number of nitrogens with one attached hydrogen (secondary N) is 1. The number of hydrogen-bond donors (Lipinski definition) is 1. The van der Waals surface area contributed by atoms with E-state index >= 15 is 0 Å². The molecular formula is C25H31F2N5O. The van der Waals surface area contributed by atoms with Gasteiger partial charge in [-0.2, -0.15) is 5.10 Å². The van der Waals surface area contributed by atoms with Crippen LogP contribution in [0.1, 0.15) is 36.7 Å². The number of alkyl halides is 2. The van der Waals surface area contributed by atoms with E-state index in [-0.39, 0.29) is 24.7 Å². The van der Waals surface area contributed by atoms with Crippen molar-refractivity contribution in [2.45, 2.75) is 38.5 Å². The molecule has 0 bridgehead atoms. The molecule has 0 spiro atoms. The van der Waals surface area contributed by atoms with Gasteiger partial charge in [0, 0.05) is 43.5 Å². The molecule has 1 fully saturated rings. The van der Waals surface area contributed by atoms with Crippen molar-refractivity contribution in [1.29, 1.82) is 0 Å². The lowest BCUT2D eigenvalue weighted by molar-refractivity contribution is 0.0667. The lowest BCUT2D eigenvalue weighted by Crippen LogP contribution is -2.49. The second-order valence-electron chi connectivity index (χ2n) is 9.44. The van der Waals surface area contributed by atoms with Gasteiger partial charge in [-0.3, -0.25) is 24.3 Å². The van der Waals surface area contributed by atoms with Crippen molar-refractivity contribution in [3.63, 3.8) is 0 Å². The Labute approximate surface area is 192 Å². The molecule has 0 radical (unpaired) electrons. The number of ether oxygens (including phenoxy) is 1. The molecule has 2 aliphatic heterocycles. The highest BCUT2D eigenvalue weighted by Gasteiger charge is 2.36. The summed E-state index contributed by atoms with van der Waals surface area (Å²) >= 11 is 0. The third-order valence-electron chi connectivity index (χ3n) is 6.89. The maximum absolute atomic E-state index is 14.2. The molecule has 2 aromatic heterocycles. The summed E-state index contributed by atoms with van der Waals surface area (Å²) in [6.07, 6.45) is 3.54. The van der Waals surface area contributed by atoms with Crippen LogP contribution in [0.3, 0.4) is 0 Å². The number of likely N-dealkylation sites (tertiary alicyclic amines) is 1. The van der Waals surface area contributed by atoms with Crippen LogP contribution in [0, 0.1) is 5.92 Å². The Morgan fingerprint density at radius 2 is 2.06 bits per heavy atom. The summed E-state index contributed by atoms with van der Waals surface area (Å²) in [5, 5.41) is 8.40. The Balaban J connectivity index is 1.36. The van der Waals surface area contributed by atoms with Gasteiger partial charge in [-0.05, 0) is 49.6 Å². The predicted octanol–water partition coefficient (Wildman–Crippen LogP) is 3.93. The number of benzene rings is 1. The SMILES string of the molecule is CC(F)CN1[C@H](c2ccc(OCCN3CC(CF)C3)cn2)c2ccc3[nH]ncc3c2C[C@H]1C. The zero-order valence-electron chi connectivity index (χ0n) is 19.2. The van der Waals surface area contributed by atoms with Gasteiger partial charge in [-0.15, -0.1) is 0 Å². The van der Waals surface area contributed by atoms with Gasteiger partial charge in [0.15, 0.2) is 0 Å². The first kappa shape index (κ1) is 22.2. The molecule has 0 amide bonds. The number of rotatable bonds is 8. The average molecular weight is 456 g/mol. The molecular weight excluding hydrogens is 424 g/mol. The molecule has 1 unspecified atom stereocenters. The average Bonchev–Trinajstić information content (AvgIpc) is 3.26. The van der Waals surface area contributed by atoms with E-state index in [2.05, 4.69) is 33.0 Å². The van der Waals surface area contributed by atoms with Crippen LogP contribution in [-0.2, 0) is 6.42 Å². The zero-order valence-corrected chi connectivity index (χ0v) is 19.2. The van der Waals surface area contributed by atoms with Crippen molar-refractivity contribution in [3.8, 4) is 5.75 Å². The first-order valence-electron chi connectivity index (χ1n) is 11.7. The van der Waals surface area contributed by atoms with Crippen molar-refractivity contribution < 1.29 is 13.5 Å². The first-order valence-corrected chi connectivity index (χ1v) is 11.7. The maximum atomic E-state index is 14.2. The van der Waals surface area contributed by atoms with E-state index in [1.165, 1.54) is 5.56 Å². The minimum Gasteiger partial charge on any atom is -0.491 e. The highest BCUT2D eigenvalue weighted by atomic mass is 19.1. The highest BCUT2D eigenvalue weighted by molar-refractivity contribution is 5.83. The molecule has 3 atom stereocenters. The minimum absolute atomic E-state index is 0.131. The Morgan fingerprint density at radius 3 is 2.79 bits per heavy atom. The fourth-order valence-electron chi connectivity index (χ4n) is 5.22. The summed E-state index contributed by atoms with van der Waals surface area (Å²) < 4.78 is 32.6. The van der Waals surface area contributed by atoms with Crippen LogP contribution in [0.25, 0.3) is 10.9 Å². The van der Waals surface area contributed by atoms with E-state index in [4.69, 9.17) is 9.72 Å². The second kappa shape index (κ2) is 9.35. The van der Waals surface area contributed by atoms with E-state index in [9.17, 15) is 8.78 Å². The number of aromatic nitrogens is 3. The van der Waals surface area contributed by atoms with Crippen molar-refractivity contribution in [1.82, 2.24) is 25.0 Å². The lowest BCUT2D eigenvalue weighted by Gasteiger charge is -2.42. The largest absolute Gasteiger partial charge is 0.491 e. The predicted molar refractivity (Wildman–Crippen MR) is 124 cm³/mol. The Morgan fingerprint density at radius 1 is 1.21 bits per heavy atom. The fourth-order valence-corrected chi connectivity index (χ4v) is 5.22. The van der Waals surface area contributed by atoms with E-state index in [1.54, 1.807) is 13.1 Å². The van der Waals surface area contributed by atoms with E-state index < -0.39 is 6.17 Å². The summed E-state index contributed by atoms with van der Waals surface area (Å²) in [7, 11) is 0. The molecule has 8 heteroatoms. The molecule has 1 saturated heterocycles. The molecule has 0 saturated carbocycles. The molecule has 6 nitrogen and oxygen atoms in total. The molecule has 4 heterocycles. The number of aromatic amines is 1. The maximum Gasteiger partial charge on any atom is 0.137 e. The van der Waals surface area contributed by atoms with Gasteiger partial charge in [-0.1, -0.05) is 6.07 Å². The lowest BCUT2D eigenvalue weighted by atomic mass is 9.85. The van der Waals surface area contributed by atoms with Gasteiger partial charge in [0.05, 0.1) is 36.3 Å². The number of pyridine rings is 1. The van der Waals surface area contributed by atoms with E-state index in [0.29, 0.717) is 18.9 Å². The van der Waals surface area contributed by atoms with Gasteiger partial charge >= 0.3 is 0 Å². The number of nitrogens with zero attached hydrogens (tertiary/aromatic N) is 4. The minimum atomic E-state index is -0.935. The molecule has 2 aliphatic rings. The first-order chi connectivity index (χ1) is 16.0. The monoisotopic (exact) mass is 455 g/mol. The van der Waals surface area contributed by atoms with Gasteiger partial charge in [0.25, 0.3) is 0 Å². The van der Waals surface area contributed by atoms with Gasteiger partial charge < -0.3 is 4.74 Å². The number of fused-ring (bicyclic) bond motifs is 3. The third-order valence-corrected chi connectivity index (χ3v) is 6.89. The Bertz CT molecular complexity index is 1080. The van der Waals surface area contributed by atoms with E-state index in [0.717, 1.165) is 48.2 Å². The Hall–Kier alpha value is -2.58. The molecule has 1 N–H and O–H groups in total. The van der Waals surface area contributed by atoms with Crippen LogP contribution >= 0.6 is 0 Å². The van der Waals surface area contributed by atoms with Crippen molar-refractivity contribution in [2.24, 2.45) is 5.92 Å². The van der Waals surface area contributed by atoms with Gasteiger partial charge in [-0.25, -0.2) is 4.39 Å². The smallest absolute Gasteiger partial charge is 0.137 e. The van der Waals surface area contributed by atoms with Crippen molar-refractivity contribution in [2.75, 3.05) is 39.5 Å². The zero-order chi connectivity index (χ0) is 22.9. The standard InChI is InChI=1S/C25H31F2N5O/c1-16(27)13-32-17(2)9-21-20(4-6-23-22(21)12-29-30-23)25(32)24-5-3-19(11-28-24)33-8-7-31-14-18(10-26)15-31/h3-6,11-12,16-18,25H,7-10,13-15H2,1-2H3,(H,29,30)/t16?,17-,25+/m1/s1. The summed E-state index contributed by atoms with van der Waals surface area (Å²) in [4.78, 5) is 9.15. The Kier molecular flexibility index (Phi) is 6.29. The molecule has 3 aromatic rings. The van der Waals surface area contributed by atoms with Crippen LogP contribution in [0.15, 0.2) is 36.7 Å². The van der Waals surface area contributed by atoms with E-state index in [1.807, 2.05) is 24.4 Å². The molecule has 0 aliphatic carbocycles. The topological polar surface area (TPSA) is 57.3 Å².